The average molecular weight is 784 g/mol. The summed E-state index contributed by atoms with van der Waals surface area (Å²) in [6.07, 6.45) is 9.02. The first-order valence-electron chi connectivity index (χ1n) is 20.7. The van der Waals surface area contributed by atoms with E-state index in [4.69, 9.17) is 19.4 Å². The van der Waals surface area contributed by atoms with Crippen LogP contribution in [-0.2, 0) is 14.3 Å². The molecule has 1 spiro atoms. The van der Waals surface area contributed by atoms with Gasteiger partial charge >= 0.3 is 12.2 Å². The minimum absolute atomic E-state index is 0.0961. The highest BCUT2D eigenvalue weighted by atomic mass is 16.6. The molecular formula is C46H53N7O5. The molecule has 2 saturated carbocycles. The topological polar surface area (TPSA) is 146 Å². The molecule has 0 unspecified atom stereocenters. The number of rotatable bonds is 8. The van der Waals surface area contributed by atoms with Gasteiger partial charge in [-0.2, -0.15) is 0 Å². The van der Waals surface area contributed by atoms with Gasteiger partial charge in [0.15, 0.2) is 0 Å². The van der Waals surface area contributed by atoms with Crippen LogP contribution in [0.25, 0.3) is 44.4 Å². The molecular weight excluding hydrogens is 731 g/mol. The number of nitrogens with one attached hydrogen (secondary N) is 3. The summed E-state index contributed by atoms with van der Waals surface area (Å²) in [5.41, 5.74) is 5.70. The number of hydrogen-bond donors (Lipinski definition) is 3. The van der Waals surface area contributed by atoms with Crippen LogP contribution in [0.4, 0.5) is 9.59 Å². The number of carbonyl (C=O) groups is 3. The maximum atomic E-state index is 13.9. The summed E-state index contributed by atoms with van der Waals surface area (Å²) in [5, 5.41) is 5.00. The number of likely N-dealkylation sites (tertiary alicyclic amines) is 2. The number of ether oxygens (including phenoxy) is 2. The average Bonchev–Trinajstić information content (AvgIpc) is 3.83. The fraction of sp³-hybridized carbons (Fsp3) is 0.457. The van der Waals surface area contributed by atoms with Gasteiger partial charge < -0.3 is 29.7 Å². The van der Waals surface area contributed by atoms with Gasteiger partial charge in [-0.3, -0.25) is 9.69 Å². The number of fused-ring (bicyclic) bond motifs is 3. The monoisotopic (exact) mass is 783 g/mol. The van der Waals surface area contributed by atoms with E-state index in [9.17, 15) is 14.4 Å². The van der Waals surface area contributed by atoms with E-state index < -0.39 is 17.7 Å². The summed E-state index contributed by atoms with van der Waals surface area (Å²) in [7, 11) is 1.31. The van der Waals surface area contributed by atoms with Crippen molar-refractivity contribution in [2.45, 2.75) is 103 Å². The summed E-state index contributed by atoms with van der Waals surface area (Å²) < 4.78 is 10.6. The van der Waals surface area contributed by atoms with Gasteiger partial charge in [-0.1, -0.05) is 62.4 Å². The second-order valence-corrected chi connectivity index (χ2v) is 18.3. The lowest BCUT2D eigenvalue weighted by molar-refractivity contribution is -0.135. The first-order chi connectivity index (χ1) is 27.8. The highest BCUT2D eigenvalue weighted by molar-refractivity contribution is 5.91. The number of aromatic nitrogens is 4. The molecule has 12 heteroatoms. The van der Waals surface area contributed by atoms with Gasteiger partial charge in [0, 0.05) is 18.2 Å². The normalized spacial score (nSPS) is 22.5. The Morgan fingerprint density at radius 1 is 0.845 bits per heavy atom. The number of carbonyl (C=O) groups excluding carboxylic acids is 3. The molecule has 3 aromatic carbocycles. The van der Waals surface area contributed by atoms with Crippen molar-refractivity contribution in [3.05, 3.63) is 84.7 Å². The van der Waals surface area contributed by atoms with Crippen LogP contribution >= 0.6 is 0 Å². The van der Waals surface area contributed by atoms with Crippen molar-refractivity contribution in [3.8, 4) is 33.6 Å². The molecule has 2 saturated heterocycles. The molecule has 58 heavy (non-hydrogen) atoms. The Morgan fingerprint density at radius 2 is 1.47 bits per heavy atom. The zero-order valence-electron chi connectivity index (χ0n) is 34.2. The molecule has 302 valence electrons. The van der Waals surface area contributed by atoms with E-state index in [2.05, 4.69) is 75.9 Å². The predicted octanol–water partition coefficient (Wildman–Crippen LogP) is 9.18. The lowest BCUT2D eigenvalue weighted by Gasteiger charge is -2.35. The van der Waals surface area contributed by atoms with Gasteiger partial charge in [-0.25, -0.2) is 19.6 Å². The summed E-state index contributed by atoms with van der Waals surface area (Å²) >= 11 is 0. The van der Waals surface area contributed by atoms with Gasteiger partial charge in [0.1, 0.15) is 23.3 Å². The van der Waals surface area contributed by atoms with E-state index in [1.54, 1.807) is 0 Å². The minimum Gasteiger partial charge on any atom is -0.453 e. The number of imidazole rings is 2. The molecule has 2 aliphatic heterocycles. The summed E-state index contributed by atoms with van der Waals surface area (Å²) in [4.78, 5) is 59.8. The molecule has 3 amide bonds. The number of alkyl carbamates (subject to hydrolysis) is 1. The fourth-order valence-electron chi connectivity index (χ4n) is 9.59. The van der Waals surface area contributed by atoms with Crippen molar-refractivity contribution in [2.24, 2.45) is 17.3 Å². The molecule has 0 radical (unpaired) electrons. The Bertz CT molecular complexity index is 2370. The number of piperidine rings is 1. The number of nitrogens with zero attached hydrogens (tertiary/aromatic N) is 4. The van der Waals surface area contributed by atoms with E-state index in [-0.39, 0.29) is 41.5 Å². The van der Waals surface area contributed by atoms with Crippen molar-refractivity contribution in [1.29, 1.82) is 0 Å². The summed E-state index contributed by atoms with van der Waals surface area (Å²) in [5.74, 6) is 1.78. The molecule has 4 heterocycles. The van der Waals surface area contributed by atoms with Gasteiger partial charge in [0.25, 0.3) is 0 Å². The second kappa shape index (κ2) is 14.3. The van der Waals surface area contributed by atoms with Crippen LogP contribution < -0.4 is 5.32 Å². The number of hydrogen-bond acceptors (Lipinski definition) is 7. The van der Waals surface area contributed by atoms with E-state index >= 15 is 0 Å². The van der Waals surface area contributed by atoms with Crippen LogP contribution in [0.15, 0.2) is 73.1 Å². The first-order valence-corrected chi connectivity index (χ1v) is 20.7. The van der Waals surface area contributed by atoms with Crippen LogP contribution in [0.5, 0.6) is 0 Å². The third-order valence-corrected chi connectivity index (χ3v) is 12.8. The first kappa shape index (κ1) is 37.9. The largest absolute Gasteiger partial charge is 0.453 e. The zero-order valence-corrected chi connectivity index (χ0v) is 34.2. The second-order valence-electron chi connectivity index (χ2n) is 18.3. The fourth-order valence-corrected chi connectivity index (χ4v) is 9.59. The van der Waals surface area contributed by atoms with Crippen LogP contribution in [0.3, 0.4) is 0 Å². The Hall–Kier alpha value is -5.65. The van der Waals surface area contributed by atoms with Crippen molar-refractivity contribution in [2.75, 3.05) is 13.7 Å². The highest BCUT2D eigenvalue weighted by Gasteiger charge is 2.55. The van der Waals surface area contributed by atoms with Crippen LogP contribution in [-0.4, -0.2) is 79.2 Å². The molecule has 2 aliphatic carbocycles. The van der Waals surface area contributed by atoms with Crippen molar-refractivity contribution < 1.29 is 23.9 Å². The summed E-state index contributed by atoms with van der Waals surface area (Å²) in [6, 6.07) is 20.7. The van der Waals surface area contributed by atoms with E-state index in [0.29, 0.717) is 12.5 Å². The summed E-state index contributed by atoms with van der Waals surface area (Å²) in [6.45, 7) is 10.3. The molecule has 5 atom stereocenters. The molecule has 3 N–H and O–H groups in total. The number of aromatic amines is 2. The van der Waals surface area contributed by atoms with Gasteiger partial charge in [-0.15, -0.1) is 0 Å². The SMILES string of the molecule is COC(=O)N[C@H](C(=O)N1CC2(CC2)C[C@H]1c1ncc(-c2ccc3cc(-c4ccc(-c5cnc([C@@H]6[C@H]7CC[C@H](C7)N6C(=O)OC(C)(C)C)[nH]5)cc4)ccc3c2)[nH]1)C(C)C. The smallest absolute Gasteiger partial charge is 0.411 e. The number of benzene rings is 3. The van der Waals surface area contributed by atoms with Gasteiger partial charge in [0.2, 0.25) is 5.91 Å². The van der Waals surface area contributed by atoms with Crippen LogP contribution in [0.2, 0.25) is 0 Å². The van der Waals surface area contributed by atoms with E-state index in [1.807, 2.05) is 56.8 Å². The van der Waals surface area contributed by atoms with E-state index in [1.165, 1.54) is 7.11 Å². The zero-order chi connectivity index (χ0) is 40.5. The maximum Gasteiger partial charge on any atom is 0.411 e. The lowest BCUT2D eigenvalue weighted by atomic mass is 9.98. The molecule has 4 aliphatic rings. The predicted molar refractivity (Wildman–Crippen MR) is 221 cm³/mol. The Morgan fingerprint density at radius 3 is 2.14 bits per heavy atom. The quantitative estimate of drug-likeness (QED) is 0.142. The number of amides is 3. The molecule has 5 aromatic rings. The van der Waals surface area contributed by atoms with Gasteiger partial charge in [-0.05, 0) is 116 Å². The van der Waals surface area contributed by atoms with Crippen LogP contribution in [0.1, 0.15) is 96.9 Å². The Labute approximate surface area is 339 Å². The lowest BCUT2D eigenvalue weighted by Crippen LogP contribution is -2.51. The number of methoxy groups -OCH3 is 1. The Kier molecular flexibility index (Phi) is 9.36. The van der Waals surface area contributed by atoms with Crippen molar-refractivity contribution in [1.82, 2.24) is 35.1 Å². The molecule has 2 bridgehead atoms. The maximum absolute atomic E-state index is 13.9. The van der Waals surface area contributed by atoms with E-state index in [0.717, 1.165) is 94.6 Å². The third kappa shape index (κ3) is 7.11. The Balaban J connectivity index is 0.897. The molecule has 12 nitrogen and oxygen atoms in total. The van der Waals surface area contributed by atoms with Crippen molar-refractivity contribution in [3.63, 3.8) is 0 Å². The van der Waals surface area contributed by atoms with Crippen molar-refractivity contribution >= 4 is 28.9 Å². The number of H-pyrrole nitrogens is 2. The third-order valence-electron chi connectivity index (χ3n) is 12.8. The molecule has 4 fully saturated rings. The molecule has 9 rings (SSSR count). The highest BCUT2D eigenvalue weighted by Crippen LogP contribution is 2.58. The van der Waals surface area contributed by atoms with Gasteiger partial charge in [0.05, 0.1) is 43.0 Å². The standard InChI is InChI=1S/C46H53N7O5/c1-26(2)38(51-43(55)57-6)42(54)52-25-46(17-18-46)22-37(52)40-47-24-36(49-40)32-14-13-30-19-29(11-12-31(30)20-32)27-7-9-28(10-8-27)35-23-48-41(50-35)39-33-15-16-34(21-33)53(39)44(56)58-45(3,4)5/h7-14,19-20,23-24,26,33-34,37-39H,15-18,21-22,25H2,1-6H3,(H,47,49)(H,48,50)(H,51,55)/t33-,34+,37-,38-,39-/m0/s1. The van der Waals surface area contributed by atoms with Crippen LogP contribution in [0, 0.1) is 17.3 Å². The molecule has 2 aromatic heterocycles. The minimum atomic E-state index is -0.678.